The molecule has 3 heterocycles. The molecule has 0 fully saturated rings. The lowest BCUT2D eigenvalue weighted by Gasteiger charge is -2.29. The molecule has 0 saturated heterocycles. The molecule has 4 atom stereocenters. The summed E-state index contributed by atoms with van der Waals surface area (Å²) in [6.07, 6.45) is 14.2. The molecule has 0 saturated carbocycles. The third kappa shape index (κ3) is 5.36. The molecular weight excluding hydrogens is 463 g/mol. The van der Waals surface area contributed by atoms with Gasteiger partial charge in [-0.3, -0.25) is 9.98 Å². The highest BCUT2D eigenvalue weighted by Gasteiger charge is 2.34. The Morgan fingerprint density at radius 2 is 1.95 bits per heavy atom. The van der Waals surface area contributed by atoms with Crippen LogP contribution in [0, 0.1) is 11.7 Å². The van der Waals surface area contributed by atoms with Gasteiger partial charge in [-0.2, -0.15) is 5.10 Å². The van der Waals surface area contributed by atoms with E-state index in [9.17, 15) is 4.39 Å². The van der Waals surface area contributed by atoms with Gasteiger partial charge in [0.15, 0.2) is 0 Å². The second-order valence-corrected chi connectivity index (χ2v) is 10.3. The van der Waals surface area contributed by atoms with E-state index in [1.54, 1.807) is 0 Å². The lowest BCUT2D eigenvalue weighted by Crippen LogP contribution is -2.40. The number of hydrazone groups is 1. The lowest BCUT2D eigenvalue weighted by molar-refractivity contribution is 0.522. The summed E-state index contributed by atoms with van der Waals surface area (Å²) in [6, 6.07) is 9.40. The molecule has 1 aromatic carbocycles. The summed E-state index contributed by atoms with van der Waals surface area (Å²) in [5.74, 6) is 0.208. The fraction of sp³-hybridized carbons (Fsp3) is 0.367. The van der Waals surface area contributed by atoms with Crippen molar-refractivity contribution >= 4 is 23.2 Å². The topological polar surface area (TPSA) is 73.7 Å². The monoisotopic (exact) mass is 498 g/mol. The summed E-state index contributed by atoms with van der Waals surface area (Å²) in [6.45, 7) is 8.47. The normalized spacial score (nSPS) is 25.1. The minimum atomic E-state index is -0.235. The van der Waals surface area contributed by atoms with E-state index in [-0.39, 0.29) is 23.8 Å². The van der Waals surface area contributed by atoms with Gasteiger partial charge in [-0.25, -0.2) is 4.39 Å². The number of rotatable bonds is 7. The van der Waals surface area contributed by atoms with Gasteiger partial charge < -0.3 is 16.1 Å². The predicted octanol–water partition coefficient (Wildman–Crippen LogP) is 5.80. The molecule has 3 N–H and O–H groups in total. The van der Waals surface area contributed by atoms with Crippen LogP contribution in [0.5, 0.6) is 0 Å². The average Bonchev–Trinajstić information content (AvgIpc) is 3.32. The molecule has 0 radical (unpaired) electrons. The van der Waals surface area contributed by atoms with Crippen molar-refractivity contribution in [2.45, 2.75) is 64.6 Å². The Labute approximate surface area is 218 Å². The van der Waals surface area contributed by atoms with Crippen LogP contribution in [-0.4, -0.2) is 35.0 Å². The van der Waals surface area contributed by atoms with Gasteiger partial charge >= 0.3 is 0 Å². The van der Waals surface area contributed by atoms with E-state index in [1.807, 2.05) is 43.9 Å². The number of halogens is 1. The Morgan fingerprint density at radius 1 is 1.14 bits per heavy atom. The maximum Gasteiger partial charge on any atom is 0.123 e. The molecule has 0 bridgehead atoms. The SMILES string of the molecule is C/C=C(\NC1C=NC=C(c2ccc(F)cc2)C1C)C1=NNC2CCC(c3cncc(NC(C)C)c3)C=C12. The number of hydrogen-bond acceptors (Lipinski definition) is 6. The minimum absolute atomic E-state index is 0.0130. The maximum atomic E-state index is 13.5. The van der Waals surface area contributed by atoms with Crippen LogP contribution in [-0.2, 0) is 0 Å². The van der Waals surface area contributed by atoms with Crippen LogP contribution in [0.1, 0.15) is 57.6 Å². The largest absolute Gasteiger partial charge is 0.382 e. The number of aromatic nitrogens is 1. The Bertz CT molecular complexity index is 1290. The van der Waals surface area contributed by atoms with Gasteiger partial charge in [0.1, 0.15) is 11.5 Å². The Hall–Kier alpha value is -3.74. The second-order valence-electron chi connectivity index (χ2n) is 10.3. The van der Waals surface area contributed by atoms with E-state index in [0.29, 0.717) is 12.0 Å². The van der Waals surface area contributed by atoms with Crippen molar-refractivity contribution in [1.29, 1.82) is 0 Å². The zero-order valence-corrected chi connectivity index (χ0v) is 21.9. The van der Waals surface area contributed by atoms with Crippen LogP contribution < -0.4 is 16.1 Å². The van der Waals surface area contributed by atoms with Crippen molar-refractivity contribution < 1.29 is 4.39 Å². The molecule has 1 aromatic heterocycles. The first-order valence-electron chi connectivity index (χ1n) is 13.1. The number of aliphatic imine (C=N–C) groups is 1. The first kappa shape index (κ1) is 24.9. The number of fused-ring (bicyclic) bond motifs is 1. The van der Waals surface area contributed by atoms with E-state index in [1.165, 1.54) is 23.3 Å². The van der Waals surface area contributed by atoms with Crippen molar-refractivity contribution in [2.75, 3.05) is 5.32 Å². The van der Waals surface area contributed by atoms with Gasteiger partial charge in [0, 0.05) is 48.3 Å². The third-order valence-electron chi connectivity index (χ3n) is 7.30. The highest BCUT2D eigenvalue weighted by atomic mass is 19.1. The van der Waals surface area contributed by atoms with Crippen LogP contribution in [0.15, 0.2) is 82.4 Å². The molecule has 7 heteroatoms. The van der Waals surface area contributed by atoms with Crippen LogP contribution in [0.2, 0.25) is 0 Å². The van der Waals surface area contributed by atoms with Crippen molar-refractivity contribution in [3.8, 4) is 0 Å². The molecule has 192 valence electrons. The summed E-state index contributed by atoms with van der Waals surface area (Å²) in [4.78, 5) is 9.00. The van der Waals surface area contributed by atoms with Crippen LogP contribution in [0.25, 0.3) is 5.57 Å². The van der Waals surface area contributed by atoms with Gasteiger partial charge in [0.2, 0.25) is 0 Å². The van der Waals surface area contributed by atoms with E-state index < -0.39 is 0 Å². The Kier molecular flexibility index (Phi) is 7.22. The summed E-state index contributed by atoms with van der Waals surface area (Å²) in [7, 11) is 0. The number of anilines is 1. The summed E-state index contributed by atoms with van der Waals surface area (Å²) in [5, 5.41) is 11.9. The van der Waals surface area contributed by atoms with Crippen LogP contribution >= 0.6 is 0 Å². The molecule has 3 aliphatic rings. The highest BCUT2D eigenvalue weighted by Crippen LogP contribution is 2.36. The molecule has 0 amide bonds. The van der Waals surface area contributed by atoms with E-state index >= 15 is 0 Å². The number of benzene rings is 1. The standard InChI is InChI=1S/C30H35FN6/c1-5-27(35-29-17-33-16-26(19(29)4)20-6-9-23(31)10-7-20)30-25-13-21(8-11-28(25)36-37-30)22-12-24(15-32-14-22)34-18(2)3/h5-7,9-10,12-19,21,28-29,34-36H,8,11H2,1-4H3/b27-5-. The molecular formula is C30H35FN6. The lowest BCUT2D eigenvalue weighted by atomic mass is 9.81. The van der Waals surface area contributed by atoms with Gasteiger partial charge in [-0.1, -0.05) is 31.2 Å². The Balaban J connectivity index is 1.34. The number of pyridine rings is 1. The molecule has 2 aliphatic heterocycles. The smallest absolute Gasteiger partial charge is 0.123 e. The van der Waals surface area contributed by atoms with Gasteiger partial charge in [0.25, 0.3) is 0 Å². The zero-order valence-electron chi connectivity index (χ0n) is 21.9. The van der Waals surface area contributed by atoms with E-state index in [4.69, 9.17) is 5.10 Å². The van der Waals surface area contributed by atoms with E-state index in [0.717, 1.165) is 41.1 Å². The molecule has 2 aromatic rings. The molecule has 6 nitrogen and oxygen atoms in total. The molecule has 4 unspecified atom stereocenters. The van der Waals surface area contributed by atoms with Crippen molar-refractivity contribution in [1.82, 2.24) is 15.7 Å². The zero-order chi connectivity index (χ0) is 25.9. The van der Waals surface area contributed by atoms with Crippen molar-refractivity contribution in [3.05, 3.63) is 89.3 Å². The Morgan fingerprint density at radius 3 is 2.70 bits per heavy atom. The summed E-state index contributed by atoms with van der Waals surface area (Å²) >= 11 is 0. The molecule has 37 heavy (non-hydrogen) atoms. The number of nitrogens with one attached hydrogen (secondary N) is 3. The number of hydrogen-bond donors (Lipinski definition) is 3. The first-order chi connectivity index (χ1) is 17.9. The molecule has 1 aliphatic carbocycles. The maximum absolute atomic E-state index is 13.5. The van der Waals surface area contributed by atoms with Crippen LogP contribution in [0.3, 0.4) is 0 Å². The average molecular weight is 499 g/mol. The molecule has 0 spiro atoms. The number of nitrogens with zero attached hydrogens (tertiary/aromatic N) is 3. The third-order valence-corrected chi connectivity index (χ3v) is 7.30. The van der Waals surface area contributed by atoms with Crippen LogP contribution in [0.4, 0.5) is 10.1 Å². The predicted molar refractivity (Wildman–Crippen MR) is 150 cm³/mol. The van der Waals surface area contributed by atoms with Crippen molar-refractivity contribution in [2.24, 2.45) is 16.0 Å². The van der Waals surface area contributed by atoms with Crippen molar-refractivity contribution in [3.63, 3.8) is 0 Å². The van der Waals surface area contributed by atoms with E-state index in [2.05, 4.69) is 65.0 Å². The second kappa shape index (κ2) is 10.7. The fourth-order valence-corrected chi connectivity index (χ4v) is 5.32. The van der Waals surface area contributed by atoms with Gasteiger partial charge in [-0.15, -0.1) is 0 Å². The molecule has 5 rings (SSSR count). The summed E-state index contributed by atoms with van der Waals surface area (Å²) in [5.41, 5.74) is 10.9. The highest BCUT2D eigenvalue weighted by molar-refractivity contribution is 6.14. The van der Waals surface area contributed by atoms with Gasteiger partial charge in [0.05, 0.1) is 23.5 Å². The first-order valence-corrected chi connectivity index (χ1v) is 13.1. The quantitative estimate of drug-likeness (QED) is 0.451. The van der Waals surface area contributed by atoms with Gasteiger partial charge in [-0.05, 0) is 68.5 Å². The summed E-state index contributed by atoms with van der Waals surface area (Å²) < 4.78 is 13.5. The minimum Gasteiger partial charge on any atom is -0.382 e. The fourth-order valence-electron chi connectivity index (χ4n) is 5.32. The number of allylic oxidation sites excluding steroid dienone is 3.